The molecule has 222 valence electrons. The van der Waals surface area contributed by atoms with Gasteiger partial charge in [0.05, 0.1) is 16.3 Å². The smallest absolute Gasteiger partial charge is 0.202 e. The van der Waals surface area contributed by atoms with Gasteiger partial charge in [0.1, 0.15) is 30.5 Å². The molecule has 0 unspecified atom stereocenters. The average Bonchev–Trinajstić information content (AvgIpc) is 3.63. The van der Waals surface area contributed by atoms with Crippen molar-refractivity contribution in [1.29, 1.82) is 0 Å². The summed E-state index contributed by atoms with van der Waals surface area (Å²) in [5.41, 5.74) is 0.508. The van der Waals surface area contributed by atoms with Crippen molar-refractivity contribution in [3.8, 4) is 11.4 Å². The zero-order valence-electron chi connectivity index (χ0n) is 22.8. The Kier molecular flexibility index (Phi) is 6.93. The van der Waals surface area contributed by atoms with Gasteiger partial charge in [-0.25, -0.2) is 4.39 Å². The van der Waals surface area contributed by atoms with Gasteiger partial charge in [0, 0.05) is 19.7 Å². The Morgan fingerprint density at radius 2 is 1.13 bits per heavy atom. The van der Waals surface area contributed by atoms with Crippen LogP contribution in [-0.2, 0) is 6.18 Å². The number of nitrogens with zero attached hydrogens (tertiary/aromatic N) is 4. The molecule has 0 saturated heterocycles. The molecule has 0 radical (unpaired) electrons. The van der Waals surface area contributed by atoms with E-state index in [2.05, 4.69) is 31.9 Å². The first-order valence-electron chi connectivity index (χ1n) is 13.4. The first-order valence-corrected chi connectivity index (χ1v) is 15.0. The molecule has 0 aliphatic carbocycles. The molecule has 0 spiro atoms. The van der Waals surface area contributed by atoms with Crippen molar-refractivity contribution in [2.24, 2.45) is 0 Å². The number of benzene rings is 4. The van der Waals surface area contributed by atoms with Crippen molar-refractivity contribution in [1.82, 2.24) is 8.80 Å². The first-order chi connectivity index (χ1) is 21.5. The maximum atomic E-state index is 14.2. The summed E-state index contributed by atoms with van der Waals surface area (Å²) in [5.74, 6) is -1.11. The molecule has 4 aromatic heterocycles. The van der Waals surface area contributed by atoms with Crippen LogP contribution in [0.3, 0.4) is 0 Å². The van der Waals surface area contributed by atoms with Crippen LogP contribution >= 0.6 is 31.9 Å². The van der Waals surface area contributed by atoms with Gasteiger partial charge in [0.25, 0.3) is 0 Å². The Morgan fingerprint density at radius 3 is 1.67 bits per heavy atom. The van der Waals surface area contributed by atoms with Crippen LogP contribution in [0.15, 0.2) is 128 Å². The van der Waals surface area contributed by atoms with Crippen molar-refractivity contribution in [3.63, 3.8) is 0 Å². The SMILES string of the molecule is O=c1n2ccc3cccc(c[n+]1-c1cc(Br)cc(Br)c1)c32.O=c1n2ccc3cccc(c[n+]1-c1ccc(C(F)(F)F)cc1F)c32. The van der Waals surface area contributed by atoms with Crippen molar-refractivity contribution in [3.05, 3.63) is 151 Å². The highest BCUT2D eigenvalue weighted by atomic mass is 79.9. The third kappa shape index (κ3) is 5.03. The highest BCUT2D eigenvalue weighted by molar-refractivity contribution is 9.11. The summed E-state index contributed by atoms with van der Waals surface area (Å²) in [7, 11) is 0. The number of alkyl halides is 3. The summed E-state index contributed by atoms with van der Waals surface area (Å²) < 4.78 is 59.8. The minimum atomic E-state index is -4.64. The summed E-state index contributed by atoms with van der Waals surface area (Å²) in [6.07, 6.45) is 2.05. The molecule has 0 fully saturated rings. The van der Waals surface area contributed by atoms with Crippen molar-refractivity contribution < 1.29 is 26.7 Å². The van der Waals surface area contributed by atoms with Gasteiger partial charge in [0.15, 0.2) is 22.5 Å². The van der Waals surface area contributed by atoms with E-state index in [4.69, 9.17) is 0 Å². The highest BCUT2D eigenvalue weighted by Gasteiger charge is 2.32. The summed E-state index contributed by atoms with van der Waals surface area (Å²) in [6.45, 7) is 0. The van der Waals surface area contributed by atoms with Crippen molar-refractivity contribution in [2.75, 3.05) is 0 Å². The number of para-hydroxylation sites is 2. The zero-order chi connectivity index (χ0) is 31.6. The molecule has 0 bridgehead atoms. The molecule has 0 saturated carbocycles. The van der Waals surface area contributed by atoms with Crippen LogP contribution in [0.2, 0.25) is 0 Å². The molecule has 6 nitrogen and oxygen atoms in total. The van der Waals surface area contributed by atoms with Gasteiger partial charge in [-0.1, -0.05) is 56.1 Å². The first kappa shape index (κ1) is 29.1. The molecule has 8 rings (SSSR count). The molecule has 45 heavy (non-hydrogen) atoms. The Labute approximate surface area is 267 Å². The van der Waals surface area contributed by atoms with Crippen LogP contribution < -0.4 is 20.5 Å². The molecule has 12 heteroatoms. The minimum absolute atomic E-state index is 0.0753. The van der Waals surface area contributed by atoms with E-state index in [1.54, 1.807) is 33.4 Å². The Morgan fingerprint density at radius 1 is 0.622 bits per heavy atom. The van der Waals surface area contributed by atoms with Crippen LogP contribution in [0.5, 0.6) is 0 Å². The summed E-state index contributed by atoms with van der Waals surface area (Å²) >= 11 is 6.93. The number of rotatable bonds is 2. The Balaban J connectivity index is 0.000000146. The van der Waals surface area contributed by atoms with Crippen molar-refractivity contribution >= 4 is 64.4 Å². The van der Waals surface area contributed by atoms with Crippen LogP contribution in [0.25, 0.3) is 44.0 Å². The molecule has 4 aromatic carbocycles. The molecular weight excluding hydrogens is 720 g/mol. The van der Waals surface area contributed by atoms with Gasteiger partial charge in [0.2, 0.25) is 0 Å². The summed E-state index contributed by atoms with van der Waals surface area (Å²) in [4.78, 5) is 25.3. The lowest BCUT2D eigenvalue weighted by Crippen LogP contribution is -2.51. The number of hydrogen-bond acceptors (Lipinski definition) is 2. The van der Waals surface area contributed by atoms with E-state index in [9.17, 15) is 27.2 Å². The van der Waals surface area contributed by atoms with E-state index in [0.717, 1.165) is 53.0 Å². The van der Waals surface area contributed by atoms with Crippen LogP contribution in [0, 0.1) is 5.82 Å². The maximum Gasteiger partial charge on any atom is 0.508 e. The predicted octanol–water partition coefficient (Wildman–Crippen LogP) is 7.02. The van der Waals surface area contributed by atoms with Gasteiger partial charge in [-0.15, -0.1) is 0 Å². The molecule has 0 aliphatic heterocycles. The Bertz CT molecular complexity index is 2510. The molecule has 0 atom stereocenters. The van der Waals surface area contributed by atoms with Gasteiger partial charge in [-0.2, -0.15) is 40.7 Å². The fourth-order valence-corrected chi connectivity index (χ4v) is 6.78. The standard InChI is InChI=1S/C17H9F4N2O.C16H9Br2N2O/c18-13-8-12(17(19,20)21)4-5-14(13)23-9-11-3-1-2-10-6-7-22(15(10)11)16(23)24;17-12-6-13(18)8-14(7-12)20-9-11-3-1-2-10-4-5-19(15(10)11)16(20)21/h1-9H;1-9H/q2*+1. The third-order valence-corrected chi connectivity index (χ3v) is 8.42. The second-order valence-corrected chi connectivity index (χ2v) is 12.1. The molecular formula is C33H18Br2F4N4O2+2. The topological polar surface area (TPSA) is 50.7 Å². The average molecular weight is 738 g/mol. The predicted molar refractivity (Wildman–Crippen MR) is 168 cm³/mol. The molecule has 0 aliphatic rings. The largest absolute Gasteiger partial charge is 0.508 e. The van der Waals surface area contributed by atoms with Gasteiger partial charge < -0.3 is 0 Å². The lowest BCUT2D eigenvalue weighted by atomic mass is 10.1. The van der Waals surface area contributed by atoms with Crippen LogP contribution in [0.4, 0.5) is 17.6 Å². The van der Waals surface area contributed by atoms with E-state index >= 15 is 0 Å². The van der Waals surface area contributed by atoms with E-state index < -0.39 is 23.2 Å². The molecule has 4 heterocycles. The second kappa shape index (κ2) is 10.7. The quantitative estimate of drug-likeness (QED) is 0.142. The normalized spacial score (nSPS) is 12.0. The van der Waals surface area contributed by atoms with Crippen molar-refractivity contribution in [2.45, 2.75) is 6.18 Å². The van der Waals surface area contributed by atoms with Crippen LogP contribution in [-0.4, -0.2) is 8.80 Å². The van der Waals surface area contributed by atoms with Gasteiger partial charge in [-0.05, 0) is 60.7 Å². The zero-order valence-corrected chi connectivity index (χ0v) is 25.9. The highest BCUT2D eigenvalue weighted by Crippen LogP contribution is 2.30. The minimum Gasteiger partial charge on any atom is -0.202 e. The number of aromatic nitrogens is 4. The third-order valence-electron chi connectivity index (χ3n) is 7.51. The van der Waals surface area contributed by atoms with E-state index in [0.29, 0.717) is 17.0 Å². The number of halogens is 6. The van der Waals surface area contributed by atoms with Crippen LogP contribution in [0.1, 0.15) is 5.56 Å². The second-order valence-electron chi connectivity index (χ2n) is 10.3. The lowest BCUT2D eigenvalue weighted by molar-refractivity contribution is -0.616. The summed E-state index contributed by atoms with van der Waals surface area (Å²) in [6, 6.07) is 23.0. The van der Waals surface area contributed by atoms with Gasteiger partial charge in [-0.3, -0.25) is 0 Å². The summed E-state index contributed by atoms with van der Waals surface area (Å²) in [5, 5.41) is 3.64. The monoisotopic (exact) mass is 736 g/mol. The van der Waals surface area contributed by atoms with Gasteiger partial charge >= 0.3 is 17.6 Å². The molecule has 8 aromatic rings. The van der Waals surface area contributed by atoms with E-state index in [-0.39, 0.29) is 11.4 Å². The number of hydrogen-bond donors (Lipinski definition) is 0. The maximum absolute atomic E-state index is 14.2. The lowest BCUT2D eigenvalue weighted by Gasteiger charge is -2.08. The fraction of sp³-hybridized carbons (Fsp3) is 0.0303. The van der Waals surface area contributed by atoms with E-state index in [1.807, 2.05) is 60.9 Å². The fourth-order valence-electron chi connectivity index (χ4n) is 5.51. The van der Waals surface area contributed by atoms with E-state index in [1.165, 1.54) is 10.6 Å². The molecule has 0 amide bonds. The molecule has 0 N–H and O–H groups in total. The Hall–Kier alpha value is -4.68.